The lowest BCUT2D eigenvalue weighted by molar-refractivity contribution is -0.159. The highest BCUT2D eigenvalue weighted by molar-refractivity contribution is 6.02. The van der Waals surface area contributed by atoms with Gasteiger partial charge in [-0.05, 0) is 20.8 Å². The molecule has 86 valence electrons. The normalized spacial score (nSPS) is 10.4. The molecule has 0 aromatic rings. The van der Waals surface area contributed by atoms with Crippen LogP contribution in [0.2, 0.25) is 0 Å². The van der Waals surface area contributed by atoms with Gasteiger partial charge >= 0.3 is 5.97 Å². The molecule has 0 aromatic carbocycles. The van der Waals surface area contributed by atoms with E-state index in [0.29, 0.717) is 0 Å². The minimum Gasteiger partial charge on any atom is -0.465 e. The van der Waals surface area contributed by atoms with Crippen LogP contribution in [0.25, 0.3) is 0 Å². The van der Waals surface area contributed by atoms with Crippen LogP contribution in [0, 0.1) is 5.41 Å². The predicted molar refractivity (Wildman–Crippen MR) is 52.4 cm³/mol. The molecule has 0 atom stereocenters. The first-order valence-electron chi connectivity index (χ1n) is 4.56. The highest BCUT2D eigenvalue weighted by Crippen LogP contribution is 2.16. The third kappa shape index (κ3) is 3.97. The highest BCUT2D eigenvalue weighted by atomic mass is 16.5. The van der Waals surface area contributed by atoms with Gasteiger partial charge in [0.15, 0.2) is 0 Å². The first-order valence-corrected chi connectivity index (χ1v) is 4.56. The summed E-state index contributed by atoms with van der Waals surface area (Å²) in [5.41, 5.74) is 2.90. The summed E-state index contributed by atoms with van der Waals surface area (Å²) in [6.45, 7) is 5.94. The quantitative estimate of drug-likeness (QED) is 0.387. The number of ether oxygens (including phenoxy) is 1. The first-order chi connectivity index (χ1) is 6.82. The van der Waals surface area contributed by atoms with Crippen molar-refractivity contribution in [3.05, 3.63) is 0 Å². The number of carbonyl (C=O) groups is 3. The van der Waals surface area contributed by atoms with Crippen molar-refractivity contribution < 1.29 is 19.1 Å². The molecule has 0 rings (SSSR count). The molecule has 0 fully saturated rings. The zero-order valence-corrected chi connectivity index (χ0v) is 9.34. The van der Waals surface area contributed by atoms with Crippen LogP contribution in [0.5, 0.6) is 0 Å². The summed E-state index contributed by atoms with van der Waals surface area (Å²) in [5, 5.41) is 0. The van der Waals surface area contributed by atoms with Crippen molar-refractivity contribution in [1.82, 2.24) is 10.9 Å². The van der Waals surface area contributed by atoms with E-state index in [9.17, 15) is 14.4 Å². The van der Waals surface area contributed by atoms with Crippen molar-refractivity contribution >= 4 is 17.8 Å². The van der Waals surface area contributed by atoms with Gasteiger partial charge in [0, 0.05) is 6.92 Å². The molecule has 0 aliphatic rings. The maximum absolute atomic E-state index is 11.5. The van der Waals surface area contributed by atoms with Crippen LogP contribution in [-0.2, 0) is 19.1 Å². The van der Waals surface area contributed by atoms with Gasteiger partial charge < -0.3 is 4.74 Å². The van der Waals surface area contributed by atoms with E-state index in [2.05, 4.69) is 10.9 Å². The van der Waals surface area contributed by atoms with Gasteiger partial charge in [-0.1, -0.05) is 0 Å². The van der Waals surface area contributed by atoms with Gasteiger partial charge in [-0.3, -0.25) is 25.2 Å². The maximum Gasteiger partial charge on any atom is 0.321 e. The molecule has 0 bridgehead atoms. The second-order valence-electron chi connectivity index (χ2n) is 3.48. The van der Waals surface area contributed by atoms with Crippen LogP contribution >= 0.6 is 0 Å². The smallest absolute Gasteiger partial charge is 0.321 e. The Balaban J connectivity index is 4.37. The van der Waals surface area contributed by atoms with Crippen LogP contribution in [0.1, 0.15) is 27.7 Å². The Morgan fingerprint density at radius 3 is 2.13 bits per heavy atom. The second-order valence-corrected chi connectivity index (χ2v) is 3.48. The summed E-state index contributed by atoms with van der Waals surface area (Å²) in [5.74, 6) is -1.66. The van der Waals surface area contributed by atoms with E-state index in [4.69, 9.17) is 4.74 Å². The van der Waals surface area contributed by atoms with Crippen LogP contribution in [-0.4, -0.2) is 24.4 Å². The standard InChI is InChI=1S/C9H16N2O4/c1-5-15-8(14)9(3,4)7(13)11-10-6(2)12/h5H2,1-4H3,(H,10,12)(H,11,13). The van der Waals surface area contributed by atoms with Crippen molar-refractivity contribution in [2.75, 3.05) is 6.61 Å². The highest BCUT2D eigenvalue weighted by Gasteiger charge is 2.37. The fraction of sp³-hybridized carbons (Fsp3) is 0.667. The Labute approximate surface area is 88.3 Å². The maximum atomic E-state index is 11.5. The molecule has 0 saturated carbocycles. The topological polar surface area (TPSA) is 84.5 Å². The summed E-state index contributed by atoms with van der Waals surface area (Å²) < 4.78 is 4.72. The zero-order valence-electron chi connectivity index (χ0n) is 9.34. The molecule has 0 aromatic heterocycles. The average Bonchev–Trinajstić information content (AvgIpc) is 2.14. The molecule has 0 aliphatic heterocycles. The fourth-order valence-corrected chi connectivity index (χ4v) is 0.705. The number of nitrogens with one attached hydrogen (secondary N) is 2. The van der Waals surface area contributed by atoms with E-state index in [1.165, 1.54) is 20.8 Å². The third-order valence-corrected chi connectivity index (χ3v) is 1.71. The second kappa shape index (κ2) is 5.33. The van der Waals surface area contributed by atoms with Crippen molar-refractivity contribution in [2.24, 2.45) is 5.41 Å². The Morgan fingerprint density at radius 2 is 1.73 bits per heavy atom. The van der Waals surface area contributed by atoms with Crippen LogP contribution in [0.15, 0.2) is 0 Å². The number of esters is 1. The van der Waals surface area contributed by atoms with Crippen molar-refractivity contribution in [3.8, 4) is 0 Å². The van der Waals surface area contributed by atoms with E-state index >= 15 is 0 Å². The van der Waals surface area contributed by atoms with Gasteiger partial charge in [0.2, 0.25) is 5.91 Å². The van der Waals surface area contributed by atoms with Gasteiger partial charge in [-0.25, -0.2) is 0 Å². The third-order valence-electron chi connectivity index (χ3n) is 1.71. The van der Waals surface area contributed by atoms with E-state index in [1.54, 1.807) is 6.92 Å². The van der Waals surface area contributed by atoms with Crippen LogP contribution < -0.4 is 10.9 Å². The minimum absolute atomic E-state index is 0.204. The minimum atomic E-state index is -1.32. The van der Waals surface area contributed by atoms with Crippen molar-refractivity contribution in [2.45, 2.75) is 27.7 Å². The lowest BCUT2D eigenvalue weighted by atomic mass is 9.93. The molecule has 0 saturated heterocycles. The number of rotatable bonds is 3. The fourth-order valence-electron chi connectivity index (χ4n) is 0.705. The lowest BCUT2D eigenvalue weighted by Gasteiger charge is -2.20. The van der Waals surface area contributed by atoms with Gasteiger partial charge in [0.1, 0.15) is 5.41 Å². The Kier molecular flexibility index (Phi) is 4.77. The molecule has 0 heterocycles. The Bertz CT molecular complexity index is 273. The molecular formula is C9H16N2O4. The van der Waals surface area contributed by atoms with E-state index in [-0.39, 0.29) is 6.61 Å². The largest absolute Gasteiger partial charge is 0.465 e. The Morgan fingerprint density at radius 1 is 1.20 bits per heavy atom. The SMILES string of the molecule is CCOC(=O)C(C)(C)C(=O)NNC(C)=O. The molecule has 0 aliphatic carbocycles. The number of amides is 2. The summed E-state index contributed by atoms with van der Waals surface area (Å²) in [7, 11) is 0. The molecule has 2 N–H and O–H groups in total. The predicted octanol–water partition coefficient (Wildman–Crippen LogP) is -0.257. The first kappa shape index (κ1) is 13.4. The monoisotopic (exact) mass is 216 g/mol. The number of hydrogen-bond acceptors (Lipinski definition) is 4. The summed E-state index contributed by atoms with van der Waals surface area (Å²) in [6.07, 6.45) is 0. The van der Waals surface area contributed by atoms with Crippen LogP contribution in [0.4, 0.5) is 0 Å². The van der Waals surface area contributed by atoms with Crippen molar-refractivity contribution in [3.63, 3.8) is 0 Å². The van der Waals surface area contributed by atoms with Gasteiger partial charge in [-0.2, -0.15) is 0 Å². The zero-order chi connectivity index (χ0) is 12.1. The number of carbonyl (C=O) groups excluding carboxylic acids is 3. The van der Waals surface area contributed by atoms with E-state index in [0.717, 1.165) is 0 Å². The number of hydrogen-bond donors (Lipinski definition) is 2. The lowest BCUT2D eigenvalue weighted by Crippen LogP contribution is -2.50. The van der Waals surface area contributed by atoms with Crippen LogP contribution in [0.3, 0.4) is 0 Å². The van der Waals surface area contributed by atoms with Crippen molar-refractivity contribution in [1.29, 1.82) is 0 Å². The molecule has 6 nitrogen and oxygen atoms in total. The van der Waals surface area contributed by atoms with Gasteiger partial charge in [0.05, 0.1) is 6.61 Å². The summed E-state index contributed by atoms with van der Waals surface area (Å²) in [6, 6.07) is 0. The molecule has 6 heteroatoms. The molecule has 0 spiro atoms. The number of hydrazine groups is 1. The summed E-state index contributed by atoms with van der Waals surface area (Å²) >= 11 is 0. The van der Waals surface area contributed by atoms with Gasteiger partial charge in [-0.15, -0.1) is 0 Å². The molecular weight excluding hydrogens is 200 g/mol. The molecule has 15 heavy (non-hydrogen) atoms. The van der Waals surface area contributed by atoms with E-state index < -0.39 is 23.2 Å². The Hall–Kier alpha value is -1.59. The van der Waals surface area contributed by atoms with E-state index in [1.807, 2.05) is 0 Å². The average molecular weight is 216 g/mol. The summed E-state index contributed by atoms with van der Waals surface area (Å²) in [4.78, 5) is 33.3. The molecule has 0 unspecified atom stereocenters. The van der Waals surface area contributed by atoms with Gasteiger partial charge in [0.25, 0.3) is 5.91 Å². The molecule has 0 radical (unpaired) electrons. The molecule has 2 amide bonds.